The molecule has 0 spiro atoms. The fourth-order valence-corrected chi connectivity index (χ4v) is 3.37. The molecule has 0 unspecified atom stereocenters. The Morgan fingerprint density at radius 1 is 0.909 bits per heavy atom. The first kappa shape index (κ1) is 22.5. The Balaban J connectivity index is 1.57. The third-order valence-corrected chi connectivity index (χ3v) is 5.19. The van der Waals surface area contributed by atoms with Crippen LogP contribution in [0.15, 0.2) is 48.5 Å². The molecule has 1 saturated heterocycles. The molecule has 0 radical (unpaired) electrons. The summed E-state index contributed by atoms with van der Waals surface area (Å²) in [7, 11) is 0. The van der Waals surface area contributed by atoms with E-state index in [0.717, 1.165) is 17.8 Å². The van der Waals surface area contributed by atoms with Gasteiger partial charge in [-0.1, -0.05) is 19.1 Å². The zero-order valence-corrected chi connectivity index (χ0v) is 18.9. The third-order valence-electron chi connectivity index (χ3n) is 5.19. The largest absolute Gasteiger partial charge is 0.462 e. The quantitative estimate of drug-likeness (QED) is 0.496. The van der Waals surface area contributed by atoms with Gasteiger partial charge in [0.25, 0.3) is 0 Å². The standard InChI is InChI=1S/C24H28N6O3/c1-3-17-5-9-19(10-6-17)25-22-27-23(29-24(28-22)30-13-15-32-16-14-30)26-20-11-7-18(8-12-20)21(31)33-4-2/h5-12H,3-4,13-16H2,1-2H3,(H2,25,26,27,28,29). The molecule has 1 aliphatic heterocycles. The second kappa shape index (κ2) is 10.7. The lowest BCUT2D eigenvalue weighted by Gasteiger charge is -2.27. The molecule has 0 amide bonds. The lowest BCUT2D eigenvalue weighted by atomic mass is 10.1. The summed E-state index contributed by atoms with van der Waals surface area (Å²) >= 11 is 0. The molecule has 0 aliphatic carbocycles. The molecule has 9 nitrogen and oxygen atoms in total. The highest BCUT2D eigenvalue weighted by Crippen LogP contribution is 2.22. The Morgan fingerprint density at radius 2 is 1.48 bits per heavy atom. The van der Waals surface area contributed by atoms with Crippen molar-refractivity contribution in [3.8, 4) is 0 Å². The number of nitrogens with one attached hydrogen (secondary N) is 2. The van der Waals surface area contributed by atoms with Crippen molar-refractivity contribution in [1.82, 2.24) is 15.0 Å². The molecule has 1 aromatic heterocycles. The molecule has 2 heterocycles. The monoisotopic (exact) mass is 448 g/mol. The fraction of sp³-hybridized carbons (Fsp3) is 0.333. The van der Waals surface area contributed by atoms with E-state index in [1.807, 2.05) is 12.1 Å². The number of hydrogen-bond acceptors (Lipinski definition) is 9. The van der Waals surface area contributed by atoms with E-state index in [1.165, 1.54) is 5.56 Å². The van der Waals surface area contributed by atoms with Gasteiger partial charge in [-0.3, -0.25) is 0 Å². The van der Waals surface area contributed by atoms with Gasteiger partial charge in [-0.05, 0) is 55.3 Å². The summed E-state index contributed by atoms with van der Waals surface area (Å²) in [5.41, 5.74) is 3.40. The Kier molecular flexibility index (Phi) is 7.31. The van der Waals surface area contributed by atoms with Gasteiger partial charge in [-0.15, -0.1) is 0 Å². The minimum absolute atomic E-state index is 0.338. The Hall–Kier alpha value is -3.72. The normalized spacial score (nSPS) is 13.5. The molecular weight excluding hydrogens is 420 g/mol. The first-order valence-corrected chi connectivity index (χ1v) is 11.1. The van der Waals surface area contributed by atoms with E-state index in [4.69, 9.17) is 9.47 Å². The van der Waals surface area contributed by atoms with Crippen molar-refractivity contribution in [3.63, 3.8) is 0 Å². The number of ether oxygens (including phenoxy) is 2. The number of rotatable bonds is 8. The van der Waals surface area contributed by atoms with Crippen LogP contribution in [0.4, 0.5) is 29.2 Å². The van der Waals surface area contributed by atoms with Gasteiger partial charge in [0.05, 0.1) is 25.4 Å². The van der Waals surface area contributed by atoms with Gasteiger partial charge in [0, 0.05) is 24.5 Å². The number of aromatic nitrogens is 3. The van der Waals surface area contributed by atoms with Crippen LogP contribution in [-0.4, -0.2) is 53.8 Å². The van der Waals surface area contributed by atoms with E-state index in [-0.39, 0.29) is 5.97 Å². The van der Waals surface area contributed by atoms with Crippen LogP contribution in [0.25, 0.3) is 0 Å². The maximum atomic E-state index is 11.9. The van der Waals surface area contributed by atoms with Crippen LogP contribution in [0.3, 0.4) is 0 Å². The molecule has 0 bridgehead atoms. The molecule has 4 rings (SSSR count). The minimum Gasteiger partial charge on any atom is -0.462 e. The summed E-state index contributed by atoms with van der Waals surface area (Å²) in [6, 6.07) is 15.2. The predicted molar refractivity (Wildman–Crippen MR) is 128 cm³/mol. The first-order chi connectivity index (χ1) is 16.1. The summed E-state index contributed by atoms with van der Waals surface area (Å²) in [4.78, 5) is 27.8. The molecule has 1 aliphatic rings. The Bertz CT molecular complexity index is 1070. The molecule has 2 N–H and O–H groups in total. The zero-order chi connectivity index (χ0) is 23.0. The molecule has 1 fully saturated rings. The lowest BCUT2D eigenvalue weighted by Crippen LogP contribution is -2.37. The number of esters is 1. The number of aryl methyl sites for hydroxylation is 1. The molecular formula is C24H28N6O3. The number of benzene rings is 2. The highest BCUT2D eigenvalue weighted by atomic mass is 16.5. The highest BCUT2D eigenvalue weighted by molar-refractivity contribution is 5.89. The maximum Gasteiger partial charge on any atom is 0.338 e. The highest BCUT2D eigenvalue weighted by Gasteiger charge is 2.17. The van der Waals surface area contributed by atoms with Crippen molar-refractivity contribution < 1.29 is 14.3 Å². The van der Waals surface area contributed by atoms with E-state index in [1.54, 1.807) is 31.2 Å². The van der Waals surface area contributed by atoms with Gasteiger partial charge in [0.2, 0.25) is 17.8 Å². The van der Waals surface area contributed by atoms with Crippen molar-refractivity contribution in [1.29, 1.82) is 0 Å². The Labute approximate surface area is 193 Å². The number of hydrogen-bond donors (Lipinski definition) is 2. The van der Waals surface area contributed by atoms with Crippen molar-refractivity contribution in [2.45, 2.75) is 20.3 Å². The number of carbonyl (C=O) groups is 1. The zero-order valence-electron chi connectivity index (χ0n) is 18.9. The molecule has 33 heavy (non-hydrogen) atoms. The summed E-state index contributed by atoms with van der Waals surface area (Å²) in [6.07, 6.45) is 0.982. The van der Waals surface area contributed by atoms with Gasteiger partial charge >= 0.3 is 5.97 Å². The number of carbonyl (C=O) groups excluding carboxylic acids is 1. The molecule has 2 aromatic carbocycles. The Morgan fingerprint density at radius 3 is 2.03 bits per heavy atom. The molecule has 9 heteroatoms. The average Bonchev–Trinajstić information content (AvgIpc) is 2.85. The van der Waals surface area contributed by atoms with Crippen molar-refractivity contribution >= 4 is 35.2 Å². The molecule has 3 aromatic rings. The van der Waals surface area contributed by atoms with Gasteiger partial charge in [0.15, 0.2) is 0 Å². The first-order valence-electron chi connectivity index (χ1n) is 11.1. The summed E-state index contributed by atoms with van der Waals surface area (Å²) in [6.45, 7) is 6.93. The smallest absolute Gasteiger partial charge is 0.338 e. The average molecular weight is 449 g/mol. The molecule has 0 saturated carbocycles. The lowest BCUT2D eigenvalue weighted by molar-refractivity contribution is 0.0526. The van der Waals surface area contributed by atoms with E-state index in [2.05, 4.69) is 49.5 Å². The van der Waals surface area contributed by atoms with Crippen LogP contribution >= 0.6 is 0 Å². The summed E-state index contributed by atoms with van der Waals surface area (Å²) in [5, 5.41) is 6.49. The van der Waals surface area contributed by atoms with E-state index >= 15 is 0 Å². The van der Waals surface area contributed by atoms with Crippen LogP contribution in [-0.2, 0) is 15.9 Å². The fourth-order valence-electron chi connectivity index (χ4n) is 3.37. The topological polar surface area (TPSA) is 102 Å². The summed E-state index contributed by atoms with van der Waals surface area (Å²) in [5.74, 6) is 1.08. The second-order valence-corrected chi connectivity index (χ2v) is 7.48. The van der Waals surface area contributed by atoms with E-state index in [0.29, 0.717) is 56.3 Å². The minimum atomic E-state index is -0.348. The number of nitrogens with zero attached hydrogens (tertiary/aromatic N) is 4. The van der Waals surface area contributed by atoms with Crippen molar-refractivity contribution in [2.75, 3.05) is 48.4 Å². The van der Waals surface area contributed by atoms with Crippen LogP contribution < -0.4 is 15.5 Å². The van der Waals surface area contributed by atoms with Crippen LogP contribution in [0.1, 0.15) is 29.8 Å². The van der Waals surface area contributed by atoms with Crippen molar-refractivity contribution in [2.24, 2.45) is 0 Å². The van der Waals surface area contributed by atoms with Gasteiger partial charge < -0.3 is 25.0 Å². The SMILES string of the molecule is CCOC(=O)c1ccc(Nc2nc(Nc3ccc(CC)cc3)nc(N3CCOCC3)n2)cc1. The van der Waals surface area contributed by atoms with Crippen LogP contribution in [0.2, 0.25) is 0 Å². The van der Waals surface area contributed by atoms with Gasteiger partial charge in [0.1, 0.15) is 0 Å². The van der Waals surface area contributed by atoms with E-state index in [9.17, 15) is 4.79 Å². The van der Waals surface area contributed by atoms with Crippen LogP contribution in [0, 0.1) is 0 Å². The second-order valence-electron chi connectivity index (χ2n) is 7.48. The van der Waals surface area contributed by atoms with Gasteiger partial charge in [-0.2, -0.15) is 15.0 Å². The van der Waals surface area contributed by atoms with Gasteiger partial charge in [-0.25, -0.2) is 4.79 Å². The third kappa shape index (κ3) is 5.95. The predicted octanol–water partition coefficient (Wildman–Crippen LogP) is 3.93. The van der Waals surface area contributed by atoms with E-state index < -0.39 is 0 Å². The summed E-state index contributed by atoms with van der Waals surface area (Å²) < 4.78 is 10.5. The number of morpholine rings is 1. The molecule has 172 valence electrons. The maximum absolute atomic E-state index is 11.9. The molecule has 0 atom stereocenters. The van der Waals surface area contributed by atoms with Crippen LogP contribution in [0.5, 0.6) is 0 Å². The van der Waals surface area contributed by atoms with Crippen molar-refractivity contribution in [3.05, 3.63) is 59.7 Å². The number of anilines is 5.